The van der Waals surface area contributed by atoms with Gasteiger partial charge in [-0.2, -0.15) is 10.2 Å². The molecule has 0 amide bonds. The van der Waals surface area contributed by atoms with Gasteiger partial charge in [-0.05, 0) is 32.0 Å². The van der Waals surface area contributed by atoms with Crippen LogP contribution in [0.1, 0.15) is 22.0 Å². The Bertz CT molecular complexity index is 1110. The van der Waals surface area contributed by atoms with Crippen molar-refractivity contribution in [3.63, 3.8) is 0 Å². The van der Waals surface area contributed by atoms with Crippen molar-refractivity contribution >= 4 is 45.5 Å². The van der Waals surface area contributed by atoms with Crippen LogP contribution in [0.2, 0.25) is 10.0 Å². The van der Waals surface area contributed by atoms with Gasteiger partial charge in [-0.3, -0.25) is 9.36 Å². The van der Waals surface area contributed by atoms with Crippen LogP contribution in [-0.2, 0) is 19.5 Å². The molecule has 4 aromatic rings. The highest BCUT2D eigenvalue weighted by atomic mass is 35.5. The summed E-state index contributed by atoms with van der Waals surface area (Å²) in [6.07, 6.45) is 2.65. The summed E-state index contributed by atoms with van der Waals surface area (Å²) in [6.45, 7) is 5.32. The molecule has 0 aliphatic rings. The van der Waals surface area contributed by atoms with Gasteiger partial charge >= 0.3 is 0 Å². The summed E-state index contributed by atoms with van der Waals surface area (Å²) in [4.78, 5) is 0. The molecule has 0 spiro atoms. The first kappa shape index (κ1) is 19.9. The third kappa shape index (κ3) is 4.77. The maximum Gasteiger partial charge on any atom is 0.211 e. The van der Waals surface area contributed by atoms with E-state index in [-0.39, 0.29) is 0 Å². The van der Waals surface area contributed by atoms with Crippen molar-refractivity contribution in [2.24, 2.45) is 0 Å². The molecule has 3 aromatic heterocycles. The molecule has 0 unspecified atom stereocenters. The van der Waals surface area contributed by atoms with Crippen molar-refractivity contribution in [2.45, 2.75) is 33.4 Å². The second-order valence-electron chi connectivity index (χ2n) is 6.62. The molecule has 3 heterocycles. The van der Waals surface area contributed by atoms with E-state index in [1.54, 1.807) is 4.68 Å². The minimum absolute atomic E-state index is 0.490. The van der Waals surface area contributed by atoms with Gasteiger partial charge in [0, 0.05) is 46.5 Å². The maximum absolute atomic E-state index is 6.24. The fraction of sp³-hybridized carbons (Fsp3) is 0.263. The molecular formula is C19H19Cl2N7S. The largest absolute Gasteiger partial charge is 0.313 e. The molecule has 4 rings (SSSR count). The normalized spacial score (nSPS) is 11.2. The van der Waals surface area contributed by atoms with Crippen LogP contribution in [0.25, 0.3) is 0 Å². The molecule has 0 saturated heterocycles. The molecule has 0 fully saturated rings. The molecule has 0 aliphatic heterocycles. The van der Waals surface area contributed by atoms with Crippen LogP contribution in [0, 0.1) is 13.8 Å². The first-order valence-corrected chi connectivity index (χ1v) is 10.6. The predicted molar refractivity (Wildman–Crippen MR) is 116 cm³/mol. The number of hydrogen-bond acceptors (Lipinski definition) is 6. The number of benzene rings is 1. The Kier molecular flexibility index (Phi) is 5.84. The zero-order valence-corrected chi connectivity index (χ0v) is 18.3. The molecule has 1 aromatic carbocycles. The minimum atomic E-state index is 0.490. The number of rotatable bonds is 7. The zero-order valence-electron chi connectivity index (χ0n) is 15.9. The smallest absolute Gasteiger partial charge is 0.211 e. The molecule has 0 bridgehead atoms. The van der Waals surface area contributed by atoms with Gasteiger partial charge in [-0.1, -0.05) is 40.6 Å². The first-order chi connectivity index (χ1) is 14.0. The van der Waals surface area contributed by atoms with Gasteiger partial charge in [-0.25, -0.2) is 0 Å². The third-order valence-corrected chi connectivity index (χ3v) is 5.97. The fourth-order valence-corrected chi connectivity index (χ4v) is 4.23. The second-order valence-corrected chi connectivity index (χ2v) is 8.50. The summed E-state index contributed by atoms with van der Waals surface area (Å²) in [5, 5.41) is 23.6. The van der Waals surface area contributed by atoms with Crippen LogP contribution in [0.3, 0.4) is 0 Å². The number of aromatic nitrogens is 6. The lowest BCUT2D eigenvalue weighted by Gasteiger charge is -2.06. The average Bonchev–Trinajstić information content (AvgIpc) is 3.38. The van der Waals surface area contributed by atoms with Crippen LogP contribution in [0.15, 0.2) is 36.5 Å². The first-order valence-electron chi connectivity index (χ1n) is 9.05. The summed E-state index contributed by atoms with van der Waals surface area (Å²) in [5.41, 5.74) is 3.01. The maximum atomic E-state index is 6.24. The lowest BCUT2D eigenvalue weighted by molar-refractivity contribution is 0.591. The molecule has 0 saturated carbocycles. The number of aryl methyl sites for hydroxylation is 4. The fourth-order valence-electron chi connectivity index (χ4n) is 2.98. The summed E-state index contributed by atoms with van der Waals surface area (Å²) in [5.74, 6) is 0.689. The quantitative estimate of drug-likeness (QED) is 0.436. The highest BCUT2D eigenvalue weighted by molar-refractivity contribution is 7.15. The van der Waals surface area contributed by atoms with E-state index in [4.69, 9.17) is 23.2 Å². The molecule has 150 valence electrons. The third-order valence-electron chi connectivity index (χ3n) is 4.37. The molecule has 0 atom stereocenters. The summed E-state index contributed by atoms with van der Waals surface area (Å²) in [7, 11) is 0. The topological polar surface area (TPSA) is 73.5 Å². The summed E-state index contributed by atoms with van der Waals surface area (Å²) < 4.78 is 3.77. The van der Waals surface area contributed by atoms with E-state index >= 15 is 0 Å². The van der Waals surface area contributed by atoms with Gasteiger partial charge < -0.3 is 5.32 Å². The average molecular weight is 448 g/mol. The zero-order chi connectivity index (χ0) is 20.4. The Morgan fingerprint density at radius 2 is 1.86 bits per heavy atom. The molecule has 0 aliphatic carbocycles. The van der Waals surface area contributed by atoms with Crippen LogP contribution < -0.4 is 5.32 Å². The van der Waals surface area contributed by atoms with E-state index in [1.807, 2.05) is 42.1 Å². The second kappa shape index (κ2) is 8.52. The Hall–Kier alpha value is -2.42. The van der Waals surface area contributed by atoms with E-state index in [2.05, 4.69) is 38.7 Å². The van der Waals surface area contributed by atoms with Gasteiger partial charge in [-0.15, -0.1) is 10.2 Å². The van der Waals surface area contributed by atoms with Crippen molar-refractivity contribution in [1.82, 2.24) is 29.8 Å². The highest BCUT2D eigenvalue weighted by Gasteiger charge is 2.10. The van der Waals surface area contributed by atoms with Crippen LogP contribution >= 0.6 is 34.5 Å². The van der Waals surface area contributed by atoms with Gasteiger partial charge in [0.15, 0.2) is 5.82 Å². The molecule has 0 radical (unpaired) electrons. The SMILES string of the molecule is Cc1cc(C)n(CCc2nnc(Nc3ccn(Cc4c(Cl)cccc4Cl)n3)s2)n1. The summed E-state index contributed by atoms with van der Waals surface area (Å²) >= 11 is 14.0. The van der Waals surface area contributed by atoms with Crippen LogP contribution in [0.4, 0.5) is 10.9 Å². The Morgan fingerprint density at radius 1 is 1.07 bits per heavy atom. The monoisotopic (exact) mass is 447 g/mol. The number of hydrogen-bond donors (Lipinski definition) is 1. The van der Waals surface area contributed by atoms with E-state index in [0.29, 0.717) is 27.5 Å². The molecule has 10 heteroatoms. The Morgan fingerprint density at radius 3 is 2.59 bits per heavy atom. The molecular weight excluding hydrogens is 429 g/mol. The van der Waals surface area contributed by atoms with Gasteiger partial charge in [0.05, 0.1) is 12.2 Å². The lowest BCUT2D eigenvalue weighted by Crippen LogP contribution is -2.05. The standard InChI is InChI=1S/C19H19Cl2N7S/c1-12-10-13(2)28(25-12)9-7-18-23-24-19(29-18)22-17-6-8-27(26-17)11-14-15(20)4-3-5-16(14)21/h3-6,8,10H,7,9,11H2,1-2H3,(H,22,24,26). The molecule has 1 N–H and O–H groups in total. The predicted octanol–water partition coefficient (Wildman–Crippen LogP) is 4.89. The van der Waals surface area contributed by atoms with Gasteiger partial charge in [0.2, 0.25) is 5.13 Å². The van der Waals surface area contributed by atoms with Crippen molar-refractivity contribution in [3.05, 3.63) is 68.5 Å². The number of nitrogens with one attached hydrogen (secondary N) is 1. The molecule has 7 nitrogen and oxygen atoms in total. The van der Waals surface area contributed by atoms with Gasteiger partial charge in [0.1, 0.15) is 5.01 Å². The Labute approximate surface area is 182 Å². The number of nitrogens with zero attached hydrogens (tertiary/aromatic N) is 6. The van der Waals surface area contributed by atoms with Crippen molar-refractivity contribution < 1.29 is 0 Å². The minimum Gasteiger partial charge on any atom is -0.313 e. The van der Waals surface area contributed by atoms with E-state index in [9.17, 15) is 0 Å². The van der Waals surface area contributed by atoms with E-state index < -0.39 is 0 Å². The highest BCUT2D eigenvalue weighted by Crippen LogP contribution is 2.26. The van der Waals surface area contributed by atoms with Crippen molar-refractivity contribution in [2.75, 3.05) is 5.32 Å². The van der Waals surface area contributed by atoms with Crippen molar-refractivity contribution in [3.8, 4) is 0 Å². The van der Waals surface area contributed by atoms with E-state index in [0.717, 1.165) is 34.9 Å². The Balaban J connectivity index is 1.37. The van der Waals surface area contributed by atoms with Crippen molar-refractivity contribution in [1.29, 1.82) is 0 Å². The lowest BCUT2D eigenvalue weighted by atomic mass is 10.2. The van der Waals surface area contributed by atoms with Gasteiger partial charge in [0.25, 0.3) is 0 Å². The number of anilines is 2. The number of halogens is 2. The molecule has 29 heavy (non-hydrogen) atoms. The van der Waals surface area contributed by atoms with Crippen LogP contribution in [0.5, 0.6) is 0 Å². The summed E-state index contributed by atoms with van der Waals surface area (Å²) in [6, 6.07) is 9.41. The van der Waals surface area contributed by atoms with E-state index in [1.165, 1.54) is 11.3 Å². The van der Waals surface area contributed by atoms with Crippen LogP contribution in [-0.4, -0.2) is 29.8 Å².